The van der Waals surface area contributed by atoms with Gasteiger partial charge in [-0.1, -0.05) is 0 Å². The molecule has 2 heterocycles. The summed E-state index contributed by atoms with van der Waals surface area (Å²) in [6.07, 6.45) is 6.32. The Kier molecular flexibility index (Phi) is 4.24. The van der Waals surface area contributed by atoms with Crippen molar-refractivity contribution in [2.45, 2.75) is 50.2 Å². The molecule has 21 heavy (non-hydrogen) atoms. The zero-order chi connectivity index (χ0) is 14.8. The highest BCUT2D eigenvalue weighted by Gasteiger charge is 2.39. The van der Waals surface area contributed by atoms with Crippen LogP contribution in [0.15, 0.2) is 18.2 Å². The van der Waals surface area contributed by atoms with Gasteiger partial charge in [0.1, 0.15) is 11.5 Å². The number of rotatable bonds is 4. The Balaban J connectivity index is 1.95. The highest BCUT2D eigenvalue weighted by molar-refractivity contribution is 5.63. The third-order valence-electron chi connectivity index (χ3n) is 5.05. The Morgan fingerprint density at radius 1 is 1.10 bits per heavy atom. The van der Waals surface area contributed by atoms with Gasteiger partial charge < -0.3 is 19.7 Å². The van der Waals surface area contributed by atoms with E-state index in [0.717, 1.165) is 11.5 Å². The molecule has 1 aromatic carbocycles. The van der Waals surface area contributed by atoms with Gasteiger partial charge in [-0.25, -0.2) is 0 Å². The molecule has 0 saturated carbocycles. The van der Waals surface area contributed by atoms with E-state index in [-0.39, 0.29) is 0 Å². The number of nitrogens with zero attached hydrogens (tertiary/aromatic N) is 1. The molecule has 1 aromatic rings. The molecule has 0 spiro atoms. The normalized spacial score (nSPS) is 28.3. The van der Waals surface area contributed by atoms with Gasteiger partial charge in [-0.3, -0.25) is 0 Å². The number of benzene rings is 1. The summed E-state index contributed by atoms with van der Waals surface area (Å²) >= 11 is 0. The van der Waals surface area contributed by atoms with Crippen molar-refractivity contribution in [2.24, 2.45) is 0 Å². The minimum atomic E-state index is 0.607. The number of anilines is 1. The topological polar surface area (TPSA) is 33.7 Å². The first-order valence-corrected chi connectivity index (χ1v) is 7.94. The minimum Gasteiger partial charge on any atom is -0.497 e. The average molecular weight is 290 g/mol. The molecule has 2 unspecified atom stereocenters. The summed E-state index contributed by atoms with van der Waals surface area (Å²) in [4.78, 5) is 2.60. The highest BCUT2D eigenvalue weighted by atomic mass is 16.5. The van der Waals surface area contributed by atoms with Crippen molar-refractivity contribution in [1.29, 1.82) is 0 Å². The number of methoxy groups -OCH3 is 2. The van der Waals surface area contributed by atoms with Gasteiger partial charge >= 0.3 is 0 Å². The molecule has 2 bridgehead atoms. The third kappa shape index (κ3) is 2.69. The Bertz CT molecular complexity index is 478. The molecule has 0 amide bonds. The minimum absolute atomic E-state index is 0.607. The van der Waals surface area contributed by atoms with Crippen molar-refractivity contribution in [3.05, 3.63) is 18.2 Å². The SMILES string of the molecule is CNC1CC2CCCC(C1)N2c1cc(OC)ccc1OC. The second-order valence-corrected chi connectivity index (χ2v) is 6.14. The summed E-state index contributed by atoms with van der Waals surface area (Å²) in [5.74, 6) is 1.86. The monoisotopic (exact) mass is 290 g/mol. The first-order valence-electron chi connectivity index (χ1n) is 7.94. The van der Waals surface area contributed by atoms with E-state index in [2.05, 4.69) is 23.3 Å². The van der Waals surface area contributed by atoms with Crippen molar-refractivity contribution in [2.75, 3.05) is 26.2 Å². The van der Waals surface area contributed by atoms with Crippen LogP contribution < -0.4 is 19.7 Å². The molecule has 2 aliphatic rings. The summed E-state index contributed by atoms with van der Waals surface area (Å²) < 4.78 is 11.0. The zero-order valence-corrected chi connectivity index (χ0v) is 13.3. The summed E-state index contributed by atoms with van der Waals surface area (Å²) in [5, 5.41) is 3.47. The second-order valence-electron chi connectivity index (χ2n) is 6.14. The fraction of sp³-hybridized carbons (Fsp3) is 0.647. The molecular weight excluding hydrogens is 264 g/mol. The molecule has 2 saturated heterocycles. The van der Waals surface area contributed by atoms with Gasteiger partial charge in [0.25, 0.3) is 0 Å². The molecular formula is C17H26N2O2. The molecule has 4 heteroatoms. The van der Waals surface area contributed by atoms with Crippen LogP contribution in [-0.4, -0.2) is 39.4 Å². The zero-order valence-electron chi connectivity index (χ0n) is 13.3. The van der Waals surface area contributed by atoms with Crippen LogP contribution in [0, 0.1) is 0 Å². The van der Waals surface area contributed by atoms with E-state index >= 15 is 0 Å². The Hall–Kier alpha value is -1.42. The van der Waals surface area contributed by atoms with Crippen molar-refractivity contribution in [3.63, 3.8) is 0 Å². The maximum Gasteiger partial charge on any atom is 0.142 e. The van der Waals surface area contributed by atoms with Crippen molar-refractivity contribution in [3.8, 4) is 11.5 Å². The lowest BCUT2D eigenvalue weighted by molar-refractivity contribution is 0.250. The van der Waals surface area contributed by atoms with Crippen molar-refractivity contribution >= 4 is 5.69 Å². The lowest BCUT2D eigenvalue weighted by Gasteiger charge is -2.50. The van der Waals surface area contributed by atoms with Crippen LogP contribution in [0.3, 0.4) is 0 Å². The molecule has 2 aliphatic heterocycles. The number of piperidine rings is 2. The Morgan fingerprint density at radius 2 is 1.81 bits per heavy atom. The molecule has 0 radical (unpaired) electrons. The molecule has 4 nitrogen and oxygen atoms in total. The summed E-state index contributed by atoms with van der Waals surface area (Å²) in [7, 11) is 5.56. The smallest absolute Gasteiger partial charge is 0.142 e. The highest BCUT2D eigenvalue weighted by Crippen LogP contribution is 2.42. The predicted molar refractivity (Wildman–Crippen MR) is 85.5 cm³/mol. The number of fused-ring (bicyclic) bond motifs is 2. The molecule has 3 rings (SSSR count). The number of hydrogen-bond acceptors (Lipinski definition) is 4. The van der Waals surface area contributed by atoms with Crippen molar-refractivity contribution < 1.29 is 9.47 Å². The van der Waals surface area contributed by atoms with Crippen LogP contribution in [0.1, 0.15) is 32.1 Å². The van der Waals surface area contributed by atoms with Crippen LogP contribution in [0.4, 0.5) is 5.69 Å². The molecule has 0 aromatic heterocycles. The first-order chi connectivity index (χ1) is 10.3. The lowest BCUT2D eigenvalue weighted by Crippen LogP contribution is -2.56. The fourth-order valence-electron chi connectivity index (χ4n) is 4.01. The lowest BCUT2D eigenvalue weighted by atomic mass is 9.81. The van der Waals surface area contributed by atoms with Gasteiger partial charge in [-0.15, -0.1) is 0 Å². The van der Waals surface area contributed by atoms with Gasteiger partial charge in [0.15, 0.2) is 0 Å². The van der Waals surface area contributed by atoms with Crippen molar-refractivity contribution in [1.82, 2.24) is 5.32 Å². The average Bonchev–Trinajstić information content (AvgIpc) is 2.52. The van der Waals surface area contributed by atoms with E-state index < -0.39 is 0 Å². The predicted octanol–water partition coefficient (Wildman–Crippen LogP) is 2.81. The van der Waals surface area contributed by atoms with E-state index in [1.807, 2.05) is 12.1 Å². The second kappa shape index (κ2) is 6.14. The summed E-state index contributed by atoms with van der Waals surface area (Å²) in [6, 6.07) is 7.98. The van der Waals surface area contributed by atoms with Gasteiger partial charge in [0.2, 0.25) is 0 Å². The molecule has 1 N–H and O–H groups in total. The Labute approximate surface area is 127 Å². The number of ether oxygens (including phenoxy) is 2. The molecule has 2 fully saturated rings. The number of nitrogens with one attached hydrogen (secondary N) is 1. The van der Waals surface area contributed by atoms with Crippen LogP contribution >= 0.6 is 0 Å². The van der Waals surface area contributed by atoms with E-state index in [1.165, 1.54) is 37.8 Å². The summed E-state index contributed by atoms with van der Waals surface area (Å²) in [6.45, 7) is 0. The third-order valence-corrected chi connectivity index (χ3v) is 5.05. The first kappa shape index (κ1) is 14.5. The molecule has 2 atom stereocenters. The van der Waals surface area contributed by atoms with Crippen LogP contribution in [-0.2, 0) is 0 Å². The largest absolute Gasteiger partial charge is 0.497 e. The maximum atomic E-state index is 5.60. The van der Waals surface area contributed by atoms with Crippen LogP contribution in [0.5, 0.6) is 11.5 Å². The van der Waals surface area contributed by atoms with E-state index in [4.69, 9.17) is 9.47 Å². The van der Waals surface area contributed by atoms with Gasteiger partial charge in [-0.2, -0.15) is 0 Å². The maximum absolute atomic E-state index is 5.60. The molecule has 0 aliphatic carbocycles. The van der Waals surface area contributed by atoms with E-state index in [0.29, 0.717) is 18.1 Å². The van der Waals surface area contributed by atoms with E-state index in [1.54, 1.807) is 14.2 Å². The van der Waals surface area contributed by atoms with Gasteiger partial charge in [-0.05, 0) is 51.3 Å². The van der Waals surface area contributed by atoms with E-state index in [9.17, 15) is 0 Å². The van der Waals surface area contributed by atoms with Crippen LogP contribution in [0.25, 0.3) is 0 Å². The van der Waals surface area contributed by atoms with Gasteiger partial charge in [0.05, 0.1) is 19.9 Å². The van der Waals surface area contributed by atoms with Crippen LogP contribution in [0.2, 0.25) is 0 Å². The fourth-order valence-corrected chi connectivity index (χ4v) is 4.01. The molecule has 116 valence electrons. The standard InChI is InChI=1S/C17H26N2O2/c1-18-12-9-13-5-4-6-14(10-12)19(13)16-11-15(20-2)7-8-17(16)21-3/h7-8,11-14,18H,4-6,9-10H2,1-3H3. The quantitative estimate of drug-likeness (QED) is 0.924. The number of hydrogen-bond donors (Lipinski definition) is 1. The summed E-state index contributed by atoms with van der Waals surface area (Å²) in [5.41, 5.74) is 1.20. The van der Waals surface area contributed by atoms with Gasteiger partial charge in [0, 0.05) is 24.2 Å². The Morgan fingerprint density at radius 3 is 2.38 bits per heavy atom.